The van der Waals surface area contributed by atoms with E-state index in [1.54, 1.807) is 26.0 Å². The van der Waals surface area contributed by atoms with Crippen molar-refractivity contribution < 1.29 is 4.79 Å². The molecular weight excluding hydrogens is 216 g/mol. The van der Waals surface area contributed by atoms with Crippen molar-refractivity contribution >= 4 is 23.3 Å². The van der Waals surface area contributed by atoms with Crippen LogP contribution in [0, 0.1) is 5.41 Å². The number of carbonyl (C=O) groups excluding carboxylic acids is 1. The van der Waals surface area contributed by atoms with Crippen LogP contribution in [0.25, 0.3) is 0 Å². The van der Waals surface area contributed by atoms with Gasteiger partial charge in [-0.05, 0) is 26.0 Å². The van der Waals surface area contributed by atoms with Gasteiger partial charge in [0.1, 0.15) is 0 Å². The molecule has 1 heterocycles. The van der Waals surface area contributed by atoms with E-state index < -0.39 is 5.41 Å². The zero-order chi connectivity index (χ0) is 11.5. The molecule has 0 spiro atoms. The van der Waals surface area contributed by atoms with Crippen LogP contribution in [0.3, 0.4) is 0 Å². The SMILES string of the molecule is CC(C)(CN)C(=O)Nc1ccc(Cl)nn1. The molecule has 0 aromatic carbocycles. The molecule has 5 nitrogen and oxygen atoms in total. The number of nitrogens with zero attached hydrogens (tertiary/aromatic N) is 2. The summed E-state index contributed by atoms with van der Waals surface area (Å²) in [6, 6.07) is 3.14. The fourth-order valence-electron chi connectivity index (χ4n) is 0.761. The highest BCUT2D eigenvalue weighted by Crippen LogP contribution is 2.15. The quantitative estimate of drug-likeness (QED) is 0.811. The lowest BCUT2D eigenvalue weighted by Crippen LogP contribution is -2.37. The van der Waals surface area contributed by atoms with Crippen molar-refractivity contribution in [2.45, 2.75) is 13.8 Å². The average molecular weight is 229 g/mol. The highest BCUT2D eigenvalue weighted by molar-refractivity contribution is 6.29. The molecule has 0 saturated carbocycles. The predicted molar refractivity (Wildman–Crippen MR) is 58.5 cm³/mol. The number of nitrogens with one attached hydrogen (secondary N) is 1. The number of rotatable bonds is 3. The summed E-state index contributed by atoms with van der Waals surface area (Å²) in [5.41, 5.74) is 4.84. The van der Waals surface area contributed by atoms with Crippen molar-refractivity contribution in [1.82, 2.24) is 10.2 Å². The molecule has 0 fully saturated rings. The Balaban J connectivity index is 2.71. The number of carbonyl (C=O) groups is 1. The van der Waals surface area contributed by atoms with Crippen LogP contribution in [0.2, 0.25) is 5.15 Å². The molecule has 0 bridgehead atoms. The first-order valence-corrected chi connectivity index (χ1v) is 4.84. The number of halogens is 1. The molecular formula is C9H13ClN4O. The molecule has 82 valence electrons. The Hall–Kier alpha value is -1.20. The van der Waals surface area contributed by atoms with Gasteiger partial charge in [-0.25, -0.2) is 0 Å². The summed E-state index contributed by atoms with van der Waals surface area (Å²) >= 11 is 5.56. The second kappa shape index (κ2) is 4.55. The van der Waals surface area contributed by atoms with Crippen LogP contribution in [0.4, 0.5) is 5.82 Å². The van der Waals surface area contributed by atoms with Gasteiger partial charge in [0.15, 0.2) is 11.0 Å². The molecule has 15 heavy (non-hydrogen) atoms. The van der Waals surface area contributed by atoms with E-state index in [2.05, 4.69) is 15.5 Å². The lowest BCUT2D eigenvalue weighted by Gasteiger charge is -2.20. The van der Waals surface area contributed by atoms with Gasteiger partial charge in [-0.3, -0.25) is 4.79 Å². The first-order valence-electron chi connectivity index (χ1n) is 4.46. The molecule has 0 atom stereocenters. The summed E-state index contributed by atoms with van der Waals surface area (Å²) in [5, 5.41) is 10.2. The van der Waals surface area contributed by atoms with Crippen molar-refractivity contribution in [3.8, 4) is 0 Å². The third kappa shape index (κ3) is 3.14. The van der Waals surface area contributed by atoms with Crippen molar-refractivity contribution in [2.24, 2.45) is 11.1 Å². The first-order chi connectivity index (χ1) is 6.95. The van der Waals surface area contributed by atoms with Crippen LogP contribution < -0.4 is 11.1 Å². The normalized spacial score (nSPS) is 11.2. The molecule has 6 heteroatoms. The number of nitrogens with two attached hydrogens (primary N) is 1. The number of amides is 1. The zero-order valence-corrected chi connectivity index (χ0v) is 9.38. The summed E-state index contributed by atoms with van der Waals surface area (Å²) in [4.78, 5) is 11.7. The molecule has 1 aromatic rings. The Labute approximate surface area is 93.0 Å². The van der Waals surface area contributed by atoms with Gasteiger partial charge in [0.25, 0.3) is 0 Å². The van der Waals surface area contributed by atoms with Gasteiger partial charge < -0.3 is 11.1 Å². The number of anilines is 1. The van der Waals surface area contributed by atoms with Gasteiger partial charge in [-0.1, -0.05) is 11.6 Å². The van der Waals surface area contributed by atoms with Gasteiger partial charge in [0.2, 0.25) is 5.91 Å². The Bertz CT molecular complexity index is 350. The Morgan fingerprint density at radius 1 is 1.53 bits per heavy atom. The Morgan fingerprint density at radius 3 is 2.67 bits per heavy atom. The largest absolute Gasteiger partial charge is 0.329 e. The van der Waals surface area contributed by atoms with Crippen molar-refractivity contribution in [3.63, 3.8) is 0 Å². The van der Waals surface area contributed by atoms with Crippen LogP contribution in [0.5, 0.6) is 0 Å². The minimum Gasteiger partial charge on any atom is -0.329 e. The maximum atomic E-state index is 11.7. The smallest absolute Gasteiger partial charge is 0.232 e. The zero-order valence-electron chi connectivity index (χ0n) is 8.62. The third-order valence-electron chi connectivity index (χ3n) is 2.00. The van der Waals surface area contributed by atoms with Gasteiger partial charge in [-0.15, -0.1) is 10.2 Å². The predicted octanol–water partition coefficient (Wildman–Crippen LogP) is 1.05. The number of hydrogen-bond donors (Lipinski definition) is 2. The van der Waals surface area contributed by atoms with Gasteiger partial charge in [-0.2, -0.15) is 0 Å². The van der Waals surface area contributed by atoms with Gasteiger partial charge in [0.05, 0.1) is 5.41 Å². The van der Waals surface area contributed by atoms with Crippen LogP contribution in [-0.4, -0.2) is 22.6 Å². The van der Waals surface area contributed by atoms with Gasteiger partial charge >= 0.3 is 0 Å². The molecule has 1 amide bonds. The molecule has 0 aliphatic carbocycles. The van der Waals surface area contributed by atoms with Crippen molar-refractivity contribution in [2.75, 3.05) is 11.9 Å². The van der Waals surface area contributed by atoms with Crippen LogP contribution in [0.1, 0.15) is 13.8 Å². The average Bonchev–Trinajstić information content (AvgIpc) is 2.21. The minimum atomic E-state index is -0.624. The van der Waals surface area contributed by atoms with Gasteiger partial charge in [0, 0.05) is 6.54 Å². The number of aromatic nitrogens is 2. The maximum Gasteiger partial charge on any atom is 0.232 e. The lowest BCUT2D eigenvalue weighted by molar-refractivity contribution is -0.123. The monoisotopic (exact) mass is 228 g/mol. The fraction of sp³-hybridized carbons (Fsp3) is 0.444. The van der Waals surface area contributed by atoms with E-state index in [4.69, 9.17) is 17.3 Å². The maximum absolute atomic E-state index is 11.7. The van der Waals surface area contributed by atoms with E-state index in [1.165, 1.54) is 0 Å². The molecule has 1 aromatic heterocycles. The molecule has 1 rings (SSSR count). The molecule has 0 saturated heterocycles. The van der Waals surface area contributed by atoms with Crippen molar-refractivity contribution in [3.05, 3.63) is 17.3 Å². The molecule has 0 unspecified atom stereocenters. The van der Waals surface area contributed by atoms with Crippen LogP contribution in [0.15, 0.2) is 12.1 Å². The summed E-state index contributed by atoms with van der Waals surface area (Å²) in [6.07, 6.45) is 0. The Morgan fingerprint density at radius 2 is 2.20 bits per heavy atom. The highest BCUT2D eigenvalue weighted by atomic mass is 35.5. The first kappa shape index (κ1) is 11.9. The third-order valence-corrected chi connectivity index (χ3v) is 2.20. The van der Waals surface area contributed by atoms with Crippen molar-refractivity contribution in [1.29, 1.82) is 0 Å². The summed E-state index contributed by atoms with van der Waals surface area (Å²) in [5.74, 6) is 0.174. The molecule has 3 N–H and O–H groups in total. The summed E-state index contributed by atoms with van der Waals surface area (Å²) in [6.45, 7) is 3.78. The van der Waals surface area contributed by atoms with E-state index in [0.717, 1.165) is 0 Å². The van der Waals surface area contributed by atoms with E-state index >= 15 is 0 Å². The second-order valence-electron chi connectivity index (χ2n) is 3.78. The topological polar surface area (TPSA) is 80.9 Å². The van der Waals surface area contributed by atoms with E-state index in [9.17, 15) is 4.79 Å². The van der Waals surface area contributed by atoms with E-state index in [-0.39, 0.29) is 17.6 Å². The standard InChI is InChI=1S/C9H13ClN4O/c1-9(2,5-11)8(15)12-7-4-3-6(10)13-14-7/h3-4H,5,11H2,1-2H3,(H,12,14,15). The molecule has 0 radical (unpaired) electrons. The van der Waals surface area contributed by atoms with Crippen LogP contribution in [-0.2, 0) is 4.79 Å². The number of hydrogen-bond acceptors (Lipinski definition) is 4. The molecule has 0 aliphatic heterocycles. The minimum absolute atomic E-state index is 0.193. The van der Waals surface area contributed by atoms with E-state index in [0.29, 0.717) is 5.82 Å². The fourth-order valence-corrected chi connectivity index (χ4v) is 0.862. The summed E-state index contributed by atoms with van der Waals surface area (Å²) < 4.78 is 0. The van der Waals surface area contributed by atoms with E-state index in [1.807, 2.05) is 0 Å². The summed E-state index contributed by atoms with van der Waals surface area (Å²) in [7, 11) is 0. The highest BCUT2D eigenvalue weighted by Gasteiger charge is 2.26. The second-order valence-corrected chi connectivity index (χ2v) is 4.17. The Kier molecular flexibility index (Phi) is 3.60. The van der Waals surface area contributed by atoms with Crippen LogP contribution >= 0.6 is 11.6 Å². The molecule has 0 aliphatic rings. The lowest BCUT2D eigenvalue weighted by atomic mass is 9.93.